The summed E-state index contributed by atoms with van der Waals surface area (Å²) in [6.45, 7) is 7.24. The van der Waals surface area contributed by atoms with Gasteiger partial charge in [0.2, 0.25) is 0 Å². The Bertz CT molecular complexity index is 764. The summed E-state index contributed by atoms with van der Waals surface area (Å²) in [5.74, 6) is -0.195. The maximum atomic E-state index is 12.2. The van der Waals surface area contributed by atoms with Crippen LogP contribution in [0.5, 0.6) is 0 Å². The summed E-state index contributed by atoms with van der Waals surface area (Å²) < 4.78 is 5.22. The highest BCUT2D eigenvalue weighted by molar-refractivity contribution is 7.73. The Morgan fingerprint density at radius 1 is 1.04 bits per heavy atom. The lowest BCUT2D eigenvalue weighted by molar-refractivity contribution is -0.138. The van der Waals surface area contributed by atoms with Crippen molar-refractivity contribution in [3.63, 3.8) is 0 Å². The van der Waals surface area contributed by atoms with Crippen LogP contribution in [-0.2, 0) is 9.53 Å². The molecule has 0 saturated carbocycles. The molecule has 1 fully saturated rings. The van der Waals surface area contributed by atoms with E-state index in [1.165, 1.54) is 23.5 Å². The van der Waals surface area contributed by atoms with Crippen LogP contribution >= 0.6 is 7.92 Å². The second-order valence-electron chi connectivity index (χ2n) is 7.20. The molecule has 1 aliphatic heterocycles. The Hall–Kier alpha value is -2.12. The molecule has 0 bridgehead atoms. The molecule has 148 valence electrons. The van der Waals surface area contributed by atoms with Crippen molar-refractivity contribution in [2.75, 3.05) is 19.3 Å². The predicted octanol–water partition coefficient (Wildman–Crippen LogP) is 4.44. The minimum absolute atomic E-state index is 0.195. The normalized spacial score (nSPS) is 17.6. The van der Waals surface area contributed by atoms with Gasteiger partial charge in [-0.3, -0.25) is 0 Å². The fourth-order valence-corrected chi connectivity index (χ4v) is 6.44. The van der Waals surface area contributed by atoms with Crippen molar-refractivity contribution in [1.29, 1.82) is 0 Å². The zero-order valence-electron chi connectivity index (χ0n) is 17.1. The molecule has 2 aromatic carbocycles. The fraction of sp³-hybridized carbons (Fsp3) is 0.375. The number of esters is 1. The summed E-state index contributed by atoms with van der Waals surface area (Å²) >= 11 is 0. The van der Waals surface area contributed by atoms with Gasteiger partial charge in [-0.1, -0.05) is 60.7 Å². The van der Waals surface area contributed by atoms with Gasteiger partial charge >= 0.3 is 5.97 Å². The lowest BCUT2D eigenvalue weighted by atomic mass is 10.2. The minimum atomic E-state index is -0.435. The summed E-state index contributed by atoms with van der Waals surface area (Å²) in [7, 11) is -0.435. The second-order valence-corrected chi connectivity index (χ2v) is 9.46. The summed E-state index contributed by atoms with van der Waals surface area (Å²) in [4.78, 5) is 14.6. The Kier molecular flexibility index (Phi) is 7.28. The van der Waals surface area contributed by atoms with Gasteiger partial charge in [-0.15, -0.1) is 0 Å². The highest BCUT2D eigenvalue weighted by atomic mass is 31.1. The first-order valence-corrected chi connectivity index (χ1v) is 11.6. The molecule has 2 aromatic rings. The minimum Gasteiger partial charge on any atom is -0.463 e. The van der Waals surface area contributed by atoms with Crippen molar-refractivity contribution in [2.45, 2.75) is 39.7 Å². The molecule has 0 radical (unpaired) electrons. The first-order chi connectivity index (χ1) is 13.6. The van der Waals surface area contributed by atoms with Gasteiger partial charge in [-0.2, -0.15) is 0 Å². The highest BCUT2D eigenvalue weighted by Gasteiger charge is 2.30. The van der Waals surface area contributed by atoms with E-state index in [2.05, 4.69) is 72.5 Å². The average Bonchev–Trinajstić information content (AvgIpc) is 3.20. The number of benzene rings is 2. The van der Waals surface area contributed by atoms with Crippen LogP contribution in [-0.4, -0.2) is 36.2 Å². The van der Waals surface area contributed by atoms with E-state index in [0.29, 0.717) is 12.6 Å². The van der Waals surface area contributed by atoms with E-state index in [1.807, 2.05) is 13.8 Å². The standard InChI is InChI=1S/C24H30NO2P/c1-4-27-24(26)19(2)20(3)25-17-11-12-21(25)18-28(22-13-7-5-8-14-22)23-15-9-6-10-16-23/h5-10,13-16,21H,4,11-12,17-18H2,1-3H3/b20-19+/t21-/m0/s1. The van der Waals surface area contributed by atoms with E-state index >= 15 is 0 Å². The molecular formula is C24H30NO2P. The summed E-state index contributed by atoms with van der Waals surface area (Å²) in [5, 5.41) is 2.83. The van der Waals surface area contributed by atoms with Gasteiger partial charge in [-0.05, 0) is 58.3 Å². The third-order valence-corrected chi connectivity index (χ3v) is 8.09. The van der Waals surface area contributed by atoms with Gasteiger partial charge in [0, 0.05) is 18.3 Å². The number of carbonyl (C=O) groups excluding carboxylic acids is 1. The molecule has 1 heterocycles. The van der Waals surface area contributed by atoms with Crippen molar-refractivity contribution in [3.05, 3.63) is 71.9 Å². The number of carbonyl (C=O) groups is 1. The number of ether oxygens (including phenoxy) is 1. The first kappa shape index (κ1) is 20.6. The van der Waals surface area contributed by atoms with E-state index in [9.17, 15) is 4.79 Å². The molecule has 4 heteroatoms. The maximum Gasteiger partial charge on any atom is 0.335 e. The third-order valence-electron chi connectivity index (χ3n) is 5.46. The number of nitrogens with zero attached hydrogens (tertiary/aromatic N) is 1. The zero-order valence-corrected chi connectivity index (χ0v) is 18.0. The third kappa shape index (κ3) is 4.83. The fourth-order valence-electron chi connectivity index (χ4n) is 3.86. The lowest BCUT2D eigenvalue weighted by Gasteiger charge is -2.32. The van der Waals surface area contributed by atoms with Crippen LogP contribution in [0.25, 0.3) is 0 Å². The van der Waals surface area contributed by atoms with Crippen LogP contribution in [0.3, 0.4) is 0 Å². The monoisotopic (exact) mass is 395 g/mol. The lowest BCUT2D eigenvalue weighted by Crippen LogP contribution is -2.34. The van der Waals surface area contributed by atoms with E-state index in [4.69, 9.17) is 4.74 Å². The molecule has 28 heavy (non-hydrogen) atoms. The maximum absolute atomic E-state index is 12.2. The highest BCUT2D eigenvalue weighted by Crippen LogP contribution is 2.39. The van der Waals surface area contributed by atoms with Gasteiger partial charge in [0.1, 0.15) is 0 Å². The van der Waals surface area contributed by atoms with E-state index in [0.717, 1.165) is 24.0 Å². The van der Waals surface area contributed by atoms with Crippen molar-refractivity contribution in [2.24, 2.45) is 0 Å². The van der Waals surface area contributed by atoms with E-state index in [-0.39, 0.29) is 5.97 Å². The summed E-state index contributed by atoms with van der Waals surface area (Å²) in [5.41, 5.74) is 1.80. The first-order valence-electron chi connectivity index (χ1n) is 10.1. The van der Waals surface area contributed by atoms with E-state index < -0.39 is 7.92 Å². The van der Waals surface area contributed by atoms with Crippen molar-refractivity contribution < 1.29 is 9.53 Å². The molecular weight excluding hydrogens is 365 g/mol. The van der Waals surface area contributed by atoms with Crippen molar-refractivity contribution in [3.8, 4) is 0 Å². The molecule has 0 unspecified atom stereocenters. The van der Waals surface area contributed by atoms with Crippen molar-refractivity contribution >= 4 is 24.5 Å². The average molecular weight is 395 g/mol. The number of hydrogen-bond acceptors (Lipinski definition) is 3. The number of allylic oxidation sites excluding steroid dienone is 1. The molecule has 0 aliphatic carbocycles. The Labute approximate surface area is 170 Å². The van der Waals surface area contributed by atoms with Gasteiger partial charge < -0.3 is 9.64 Å². The molecule has 0 spiro atoms. The quantitative estimate of drug-likeness (QED) is 0.394. The van der Waals surface area contributed by atoms with Crippen LogP contribution in [0.1, 0.15) is 33.6 Å². The molecule has 3 rings (SSSR count). The van der Waals surface area contributed by atoms with Crippen molar-refractivity contribution in [1.82, 2.24) is 4.90 Å². The van der Waals surface area contributed by atoms with E-state index in [1.54, 1.807) is 0 Å². The van der Waals surface area contributed by atoms with Crippen LogP contribution in [0, 0.1) is 0 Å². The number of rotatable bonds is 7. The Balaban J connectivity index is 1.86. The Morgan fingerprint density at radius 2 is 1.61 bits per heavy atom. The molecule has 3 nitrogen and oxygen atoms in total. The molecule has 1 atom stereocenters. The predicted molar refractivity (Wildman–Crippen MR) is 119 cm³/mol. The van der Waals surface area contributed by atoms with Crippen LogP contribution in [0.15, 0.2) is 71.9 Å². The SMILES string of the molecule is CCOC(=O)/C(C)=C(\C)N1CCC[C@H]1CP(c1ccccc1)c1ccccc1. The molecule has 0 N–H and O–H groups in total. The molecule has 1 aliphatic rings. The molecule has 0 aromatic heterocycles. The van der Waals surface area contributed by atoms with Crippen LogP contribution in [0.2, 0.25) is 0 Å². The second kappa shape index (κ2) is 9.89. The van der Waals surface area contributed by atoms with Gasteiger partial charge in [0.05, 0.1) is 12.2 Å². The number of hydrogen-bond donors (Lipinski definition) is 0. The number of likely N-dealkylation sites (tertiary alicyclic amines) is 1. The zero-order chi connectivity index (χ0) is 19.9. The smallest absolute Gasteiger partial charge is 0.335 e. The van der Waals surface area contributed by atoms with Gasteiger partial charge in [-0.25, -0.2) is 4.79 Å². The summed E-state index contributed by atoms with van der Waals surface area (Å²) in [6, 6.07) is 22.2. The Morgan fingerprint density at radius 3 is 2.14 bits per heavy atom. The molecule has 0 amide bonds. The van der Waals surface area contributed by atoms with Crippen LogP contribution in [0.4, 0.5) is 0 Å². The summed E-state index contributed by atoms with van der Waals surface area (Å²) in [6.07, 6.45) is 3.45. The largest absolute Gasteiger partial charge is 0.463 e. The van der Waals surface area contributed by atoms with Crippen LogP contribution < -0.4 is 10.6 Å². The van der Waals surface area contributed by atoms with Gasteiger partial charge in [0.25, 0.3) is 0 Å². The molecule has 1 saturated heterocycles. The topological polar surface area (TPSA) is 29.5 Å². The van der Waals surface area contributed by atoms with Gasteiger partial charge in [0.15, 0.2) is 0 Å².